The lowest BCUT2D eigenvalue weighted by Crippen LogP contribution is -2.59. The first kappa shape index (κ1) is 31.9. The van der Waals surface area contributed by atoms with Gasteiger partial charge in [-0.1, -0.05) is 20.8 Å². The molecule has 41 heavy (non-hydrogen) atoms. The van der Waals surface area contributed by atoms with Gasteiger partial charge in [-0.05, 0) is 95.8 Å². The SMILES string of the molecule is CCC(C)(CC(C)(CC(C)(C)C(=O)NS(=O)OC)C(=O)OC1CCOC1=O)C(=O)OC1(C)C2CC3CC(C2)CC1C3. The van der Waals surface area contributed by atoms with Gasteiger partial charge in [-0.3, -0.25) is 23.3 Å². The van der Waals surface area contributed by atoms with Gasteiger partial charge in [0.2, 0.25) is 12.0 Å². The fourth-order valence-corrected chi connectivity index (χ4v) is 8.70. The summed E-state index contributed by atoms with van der Waals surface area (Å²) in [7, 11) is 1.20. The van der Waals surface area contributed by atoms with Gasteiger partial charge in [-0.15, -0.1) is 0 Å². The van der Waals surface area contributed by atoms with Crippen molar-refractivity contribution in [3.63, 3.8) is 0 Å². The highest BCUT2D eigenvalue weighted by Crippen LogP contribution is 2.60. The highest BCUT2D eigenvalue weighted by atomic mass is 32.2. The van der Waals surface area contributed by atoms with Crippen LogP contribution in [-0.4, -0.2) is 53.4 Å². The Hall–Kier alpha value is -2.01. The molecule has 0 aromatic carbocycles. The molecule has 4 aliphatic carbocycles. The molecule has 0 spiro atoms. The highest BCUT2D eigenvalue weighted by molar-refractivity contribution is 7.78. The van der Waals surface area contributed by atoms with Crippen molar-refractivity contribution in [3.8, 4) is 0 Å². The van der Waals surface area contributed by atoms with Gasteiger partial charge in [0.25, 0.3) is 11.3 Å². The maximum absolute atomic E-state index is 14.1. The van der Waals surface area contributed by atoms with E-state index in [2.05, 4.69) is 15.8 Å². The molecule has 232 valence electrons. The Balaban J connectivity index is 1.58. The van der Waals surface area contributed by atoms with E-state index >= 15 is 0 Å². The molecule has 5 aliphatic rings. The quantitative estimate of drug-likeness (QED) is 0.260. The first-order valence-corrected chi connectivity index (χ1v) is 16.0. The van der Waals surface area contributed by atoms with Crippen LogP contribution in [0.3, 0.4) is 0 Å². The zero-order chi connectivity index (χ0) is 30.4. The Morgan fingerprint density at radius 1 is 0.976 bits per heavy atom. The van der Waals surface area contributed by atoms with Crippen LogP contribution in [0.5, 0.6) is 0 Å². The second kappa shape index (κ2) is 11.6. The molecule has 10 nitrogen and oxygen atoms in total. The number of cyclic esters (lactones) is 1. The summed E-state index contributed by atoms with van der Waals surface area (Å²) >= 11 is -2.04. The van der Waals surface area contributed by atoms with Gasteiger partial charge in [-0.2, -0.15) is 0 Å². The lowest BCUT2D eigenvalue weighted by Gasteiger charge is -2.59. The molecule has 1 heterocycles. The van der Waals surface area contributed by atoms with Crippen LogP contribution < -0.4 is 4.72 Å². The van der Waals surface area contributed by atoms with Gasteiger partial charge < -0.3 is 14.2 Å². The molecule has 1 N–H and O–H groups in total. The molecule has 4 atom stereocenters. The van der Waals surface area contributed by atoms with Crippen LogP contribution in [0, 0.1) is 39.9 Å². The molecule has 0 aromatic heterocycles. The van der Waals surface area contributed by atoms with Gasteiger partial charge in [0, 0.05) is 11.8 Å². The van der Waals surface area contributed by atoms with E-state index in [9.17, 15) is 23.4 Å². The molecule has 0 radical (unpaired) electrons. The number of amides is 1. The smallest absolute Gasteiger partial charge is 0.347 e. The number of carbonyl (C=O) groups excluding carboxylic acids is 4. The van der Waals surface area contributed by atoms with Crippen molar-refractivity contribution in [2.45, 2.75) is 111 Å². The summed E-state index contributed by atoms with van der Waals surface area (Å²) in [4.78, 5) is 53.1. The third-order valence-corrected chi connectivity index (χ3v) is 11.2. The molecular weight excluding hydrogens is 550 g/mol. The van der Waals surface area contributed by atoms with Crippen molar-refractivity contribution < 1.29 is 41.8 Å². The van der Waals surface area contributed by atoms with Crippen LogP contribution in [0.1, 0.15) is 99.3 Å². The maximum Gasteiger partial charge on any atom is 0.347 e. The Labute approximate surface area is 246 Å². The Morgan fingerprint density at radius 3 is 2.05 bits per heavy atom. The fraction of sp³-hybridized carbons (Fsp3) is 0.867. The topological polar surface area (TPSA) is 134 Å². The van der Waals surface area contributed by atoms with Crippen molar-refractivity contribution >= 4 is 35.1 Å². The first-order chi connectivity index (χ1) is 19.0. The third kappa shape index (κ3) is 6.36. The summed E-state index contributed by atoms with van der Waals surface area (Å²) in [6.07, 6.45) is 5.26. The van der Waals surface area contributed by atoms with E-state index in [4.69, 9.17) is 14.2 Å². The number of carbonyl (C=O) groups is 4. The molecule has 11 heteroatoms. The van der Waals surface area contributed by atoms with Crippen molar-refractivity contribution in [1.82, 2.24) is 4.72 Å². The lowest BCUT2D eigenvalue weighted by atomic mass is 9.50. The molecule has 1 saturated heterocycles. The van der Waals surface area contributed by atoms with Gasteiger partial charge in [-0.25, -0.2) is 9.00 Å². The first-order valence-electron chi connectivity index (χ1n) is 14.9. The molecule has 1 amide bonds. The summed E-state index contributed by atoms with van der Waals surface area (Å²) < 4.78 is 36.0. The molecule has 4 unspecified atom stereocenters. The van der Waals surface area contributed by atoms with Crippen LogP contribution in [0.4, 0.5) is 0 Å². The summed E-state index contributed by atoms with van der Waals surface area (Å²) in [5.41, 5.74) is -4.17. The number of nitrogens with one attached hydrogen (secondary N) is 1. The maximum atomic E-state index is 14.1. The molecule has 5 rings (SSSR count). The van der Waals surface area contributed by atoms with Crippen molar-refractivity contribution in [2.24, 2.45) is 39.9 Å². The van der Waals surface area contributed by atoms with Crippen LogP contribution in [-0.2, 0) is 48.8 Å². The van der Waals surface area contributed by atoms with E-state index in [1.54, 1.807) is 27.7 Å². The monoisotopic (exact) mass is 597 g/mol. The fourth-order valence-electron chi connectivity index (χ4n) is 8.19. The van der Waals surface area contributed by atoms with E-state index < -0.39 is 57.1 Å². The van der Waals surface area contributed by atoms with E-state index in [0.717, 1.165) is 37.5 Å². The number of hydrogen-bond acceptors (Lipinski definition) is 9. The highest BCUT2D eigenvalue weighted by Gasteiger charge is 2.59. The Kier molecular flexibility index (Phi) is 9.02. The van der Waals surface area contributed by atoms with Gasteiger partial charge in [0.1, 0.15) is 5.60 Å². The normalized spacial score (nSPS) is 34.2. The molecule has 4 bridgehead atoms. The van der Waals surface area contributed by atoms with Crippen LogP contribution in [0.15, 0.2) is 0 Å². The Bertz CT molecular complexity index is 1060. The summed E-state index contributed by atoms with van der Waals surface area (Å²) in [6, 6.07) is 0. The summed E-state index contributed by atoms with van der Waals surface area (Å²) in [5.74, 6) is -0.0958. The van der Waals surface area contributed by atoms with E-state index in [1.165, 1.54) is 13.5 Å². The summed E-state index contributed by atoms with van der Waals surface area (Å²) in [6.45, 7) is 10.9. The van der Waals surface area contributed by atoms with Crippen molar-refractivity contribution in [2.75, 3.05) is 13.7 Å². The zero-order valence-corrected chi connectivity index (χ0v) is 26.4. The second-order valence-corrected chi connectivity index (χ2v) is 15.3. The van der Waals surface area contributed by atoms with E-state index in [0.29, 0.717) is 18.3 Å². The second-order valence-electron chi connectivity index (χ2n) is 14.3. The predicted molar refractivity (Wildman–Crippen MR) is 150 cm³/mol. The number of rotatable bonds is 12. The molecular formula is C30H47NO9S. The summed E-state index contributed by atoms with van der Waals surface area (Å²) in [5, 5.41) is 0. The average molecular weight is 598 g/mol. The average Bonchev–Trinajstić information content (AvgIpc) is 3.30. The number of hydrogen-bond donors (Lipinski definition) is 1. The standard InChI is InChI=1S/C30H47NO9S/c1-8-28(4,26(35)40-30(6)20-12-18-11-19(14-20)15-21(30)13-18)17-29(5,25(34)39-22-9-10-38-23(22)32)16-27(2,3)24(33)31-41(36)37-7/h18-22H,8-17H2,1-7H3,(H,31,33). The largest absolute Gasteiger partial charge is 0.463 e. The molecule has 4 saturated carbocycles. The van der Waals surface area contributed by atoms with Crippen LogP contribution >= 0.6 is 0 Å². The lowest BCUT2D eigenvalue weighted by molar-refractivity contribution is -0.214. The van der Waals surface area contributed by atoms with Crippen molar-refractivity contribution in [3.05, 3.63) is 0 Å². The van der Waals surface area contributed by atoms with Crippen LogP contribution in [0.25, 0.3) is 0 Å². The van der Waals surface area contributed by atoms with Gasteiger partial charge >= 0.3 is 17.9 Å². The molecule has 1 aliphatic heterocycles. The molecule has 5 fully saturated rings. The zero-order valence-electron chi connectivity index (χ0n) is 25.5. The van der Waals surface area contributed by atoms with Gasteiger partial charge in [0.05, 0.1) is 24.5 Å². The van der Waals surface area contributed by atoms with E-state index in [1.807, 2.05) is 6.92 Å². The van der Waals surface area contributed by atoms with E-state index in [-0.39, 0.29) is 31.8 Å². The number of esters is 3. The minimum absolute atomic E-state index is 0.0384. The Morgan fingerprint density at radius 2 is 1.56 bits per heavy atom. The predicted octanol–water partition coefficient (Wildman–Crippen LogP) is 4.17. The molecule has 0 aromatic rings. The van der Waals surface area contributed by atoms with Crippen molar-refractivity contribution in [1.29, 1.82) is 0 Å². The third-order valence-electron chi connectivity index (χ3n) is 10.5. The minimum atomic E-state index is -2.04. The number of ether oxygens (including phenoxy) is 3. The van der Waals surface area contributed by atoms with Crippen LogP contribution in [0.2, 0.25) is 0 Å². The van der Waals surface area contributed by atoms with Gasteiger partial charge in [0.15, 0.2) is 0 Å². The minimum Gasteiger partial charge on any atom is -0.463 e.